The van der Waals surface area contributed by atoms with E-state index in [0.717, 1.165) is 22.1 Å². The van der Waals surface area contributed by atoms with Crippen LogP contribution in [0.5, 0.6) is 0 Å². The molecule has 1 heterocycles. The smallest absolute Gasteiger partial charge is 0.164 e. The molecule has 1 aromatic heterocycles. The van der Waals surface area contributed by atoms with Gasteiger partial charge in [-0.1, -0.05) is 140 Å². The zero-order valence-electron chi connectivity index (χ0n) is 23.8. The van der Waals surface area contributed by atoms with Gasteiger partial charge in [-0.15, -0.1) is 0 Å². The summed E-state index contributed by atoms with van der Waals surface area (Å²) in [5, 5.41) is 12.3. The van der Waals surface area contributed by atoms with E-state index in [-0.39, 0.29) is 0 Å². The topological polar surface area (TPSA) is 38.7 Å². The minimum absolute atomic E-state index is 0.659. The van der Waals surface area contributed by atoms with Crippen LogP contribution < -0.4 is 0 Å². The normalized spacial score (nSPS) is 11.6. The van der Waals surface area contributed by atoms with E-state index in [0.29, 0.717) is 17.5 Å². The van der Waals surface area contributed by atoms with Crippen LogP contribution in [0.1, 0.15) is 0 Å². The monoisotopic (exact) mass is 559 g/mol. The Morgan fingerprint density at radius 1 is 0.250 bits per heavy atom. The number of benzene rings is 8. The molecule has 0 fully saturated rings. The lowest BCUT2D eigenvalue weighted by atomic mass is 9.93. The molecule has 0 unspecified atom stereocenters. The maximum atomic E-state index is 5.10. The zero-order valence-corrected chi connectivity index (χ0v) is 23.8. The lowest BCUT2D eigenvalue weighted by Crippen LogP contribution is -2.00. The molecule has 0 saturated heterocycles. The number of fused-ring (bicyclic) bond motifs is 9. The van der Waals surface area contributed by atoms with E-state index < -0.39 is 0 Å². The summed E-state index contributed by atoms with van der Waals surface area (Å²) >= 11 is 0. The third kappa shape index (κ3) is 3.94. The molecule has 0 aliphatic rings. The second kappa shape index (κ2) is 9.82. The quantitative estimate of drug-likeness (QED) is 0.202. The van der Waals surface area contributed by atoms with Gasteiger partial charge in [-0.2, -0.15) is 0 Å². The van der Waals surface area contributed by atoms with E-state index in [2.05, 4.69) is 133 Å². The molecule has 9 aromatic rings. The van der Waals surface area contributed by atoms with Crippen molar-refractivity contribution in [1.82, 2.24) is 15.0 Å². The molecule has 3 nitrogen and oxygen atoms in total. The Labute approximate surface area is 254 Å². The molecule has 204 valence electrons. The van der Waals surface area contributed by atoms with Crippen LogP contribution in [0.2, 0.25) is 0 Å². The van der Waals surface area contributed by atoms with Crippen molar-refractivity contribution in [1.29, 1.82) is 0 Å². The van der Waals surface area contributed by atoms with Gasteiger partial charge in [0.25, 0.3) is 0 Å². The van der Waals surface area contributed by atoms with Crippen LogP contribution in [0.15, 0.2) is 152 Å². The molecule has 3 heteroatoms. The van der Waals surface area contributed by atoms with Crippen molar-refractivity contribution in [3.8, 4) is 34.2 Å². The molecule has 0 amide bonds. The summed E-state index contributed by atoms with van der Waals surface area (Å²) in [7, 11) is 0. The van der Waals surface area contributed by atoms with Crippen LogP contribution in [0.4, 0.5) is 0 Å². The molecule has 0 radical (unpaired) electrons. The SMILES string of the molecule is c1ccc(-c2nc(-c3ccc4c(ccc5ccccc54)c3)nc(-c3ccc4c5ccccc5c5ccccc5c4c3)n2)cc1. The fourth-order valence-corrected chi connectivity index (χ4v) is 6.55. The van der Waals surface area contributed by atoms with Gasteiger partial charge >= 0.3 is 0 Å². The predicted molar refractivity (Wildman–Crippen MR) is 184 cm³/mol. The van der Waals surface area contributed by atoms with Gasteiger partial charge < -0.3 is 0 Å². The van der Waals surface area contributed by atoms with Crippen molar-refractivity contribution in [2.24, 2.45) is 0 Å². The van der Waals surface area contributed by atoms with Crippen molar-refractivity contribution in [3.05, 3.63) is 152 Å². The fraction of sp³-hybridized carbons (Fsp3) is 0. The molecule has 44 heavy (non-hydrogen) atoms. The maximum Gasteiger partial charge on any atom is 0.164 e. The Balaban J connectivity index is 1.27. The highest BCUT2D eigenvalue weighted by molar-refractivity contribution is 6.25. The number of rotatable bonds is 3. The molecule has 0 saturated carbocycles. The molecule has 0 bridgehead atoms. The van der Waals surface area contributed by atoms with Crippen molar-refractivity contribution >= 4 is 53.9 Å². The first-order chi connectivity index (χ1) is 21.8. The molecule has 0 aliphatic carbocycles. The van der Waals surface area contributed by atoms with Gasteiger partial charge in [-0.05, 0) is 66.0 Å². The maximum absolute atomic E-state index is 5.10. The van der Waals surface area contributed by atoms with Crippen LogP contribution in [0.3, 0.4) is 0 Å². The summed E-state index contributed by atoms with van der Waals surface area (Å²) in [5.41, 5.74) is 2.89. The lowest BCUT2D eigenvalue weighted by Gasteiger charge is -2.13. The number of aromatic nitrogens is 3. The van der Waals surface area contributed by atoms with E-state index in [4.69, 9.17) is 15.0 Å². The van der Waals surface area contributed by atoms with Crippen molar-refractivity contribution in [2.45, 2.75) is 0 Å². The Bertz CT molecular complexity index is 2520. The first kappa shape index (κ1) is 24.6. The number of hydrogen-bond acceptors (Lipinski definition) is 3. The molecule has 0 aliphatic heterocycles. The van der Waals surface area contributed by atoms with Gasteiger partial charge in [0, 0.05) is 16.7 Å². The van der Waals surface area contributed by atoms with Gasteiger partial charge in [0.1, 0.15) is 0 Å². The first-order valence-corrected chi connectivity index (χ1v) is 14.9. The molecule has 8 aromatic carbocycles. The molecule has 0 N–H and O–H groups in total. The largest absolute Gasteiger partial charge is 0.208 e. The van der Waals surface area contributed by atoms with Crippen molar-refractivity contribution in [2.75, 3.05) is 0 Å². The summed E-state index contributed by atoms with van der Waals surface area (Å²) in [6.07, 6.45) is 0. The molecular weight excluding hydrogens is 534 g/mol. The van der Waals surface area contributed by atoms with Crippen LogP contribution in [0, 0.1) is 0 Å². The summed E-state index contributed by atoms with van der Waals surface area (Å²) < 4.78 is 0. The van der Waals surface area contributed by atoms with E-state index in [9.17, 15) is 0 Å². The summed E-state index contributed by atoms with van der Waals surface area (Å²) in [5.74, 6) is 1.98. The second-order valence-corrected chi connectivity index (χ2v) is 11.2. The van der Waals surface area contributed by atoms with Gasteiger partial charge in [-0.3, -0.25) is 0 Å². The van der Waals surface area contributed by atoms with Crippen LogP contribution in [-0.2, 0) is 0 Å². The summed E-state index contributed by atoms with van der Waals surface area (Å²) in [6.45, 7) is 0. The minimum Gasteiger partial charge on any atom is -0.208 e. The van der Waals surface area contributed by atoms with Crippen molar-refractivity contribution < 1.29 is 0 Å². The zero-order chi connectivity index (χ0) is 29.0. The molecule has 0 spiro atoms. The van der Waals surface area contributed by atoms with Gasteiger partial charge in [0.05, 0.1) is 0 Å². The third-order valence-corrected chi connectivity index (χ3v) is 8.67. The number of hydrogen-bond donors (Lipinski definition) is 0. The molecule has 0 atom stereocenters. The Morgan fingerprint density at radius 3 is 1.34 bits per heavy atom. The fourth-order valence-electron chi connectivity index (χ4n) is 6.55. The van der Waals surface area contributed by atoms with Gasteiger partial charge in [0.15, 0.2) is 17.5 Å². The van der Waals surface area contributed by atoms with Gasteiger partial charge in [-0.25, -0.2) is 15.0 Å². The summed E-state index contributed by atoms with van der Waals surface area (Å²) in [6, 6.07) is 53.4. The van der Waals surface area contributed by atoms with E-state index in [1.54, 1.807) is 0 Å². The van der Waals surface area contributed by atoms with Gasteiger partial charge in [0.2, 0.25) is 0 Å². The van der Waals surface area contributed by atoms with E-state index >= 15 is 0 Å². The average Bonchev–Trinajstić information content (AvgIpc) is 3.11. The lowest BCUT2D eigenvalue weighted by molar-refractivity contribution is 1.08. The average molecular weight is 560 g/mol. The highest BCUT2D eigenvalue weighted by Gasteiger charge is 2.15. The van der Waals surface area contributed by atoms with E-state index in [1.807, 2.05) is 18.2 Å². The Morgan fingerprint density at radius 2 is 0.682 bits per heavy atom. The molecule has 9 rings (SSSR count). The predicted octanol–water partition coefficient (Wildman–Crippen LogP) is 10.6. The van der Waals surface area contributed by atoms with Crippen LogP contribution in [-0.4, -0.2) is 15.0 Å². The second-order valence-electron chi connectivity index (χ2n) is 11.2. The minimum atomic E-state index is 0.659. The first-order valence-electron chi connectivity index (χ1n) is 14.9. The van der Waals surface area contributed by atoms with Crippen LogP contribution >= 0.6 is 0 Å². The highest BCUT2D eigenvalue weighted by atomic mass is 15.0. The highest BCUT2D eigenvalue weighted by Crippen LogP contribution is 2.37. The summed E-state index contributed by atoms with van der Waals surface area (Å²) in [4.78, 5) is 15.1. The number of nitrogens with zero attached hydrogens (tertiary/aromatic N) is 3. The standard InChI is InChI=1S/C41H25N3/c1-2-11-27(12-3-1)39-42-40(29-20-22-32-28(24-29)19-18-26-10-4-5-13-31(26)32)44-41(43-39)30-21-23-37-35-16-7-6-14-33(35)34-15-8-9-17-36(34)38(37)25-30/h1-25H. The molecular formula is C41H25N3. The van der Waals surface area contributed by atoms with Crippen molar-refractivity contribution in [3.63, 3.8) is 0 Å². The Hall–Kier alpha value is -5.93. The Kier molecular flexibility index (Phi) is 5.50. The third-order valence-electron chi connectivity index (χ3n) is 8.67. The van der Waals surface area contributed by atoms with Crippen LogP contribution in [0.25, 0.3) is 88.0 Å². The van der Waals surface area contributed by atoms with E-state index in [1.165, 1.54) is 48.5 Å².